The number of carbonyl (C=O) groups is 2. The van der Waals surface area contributed by atoms with E-state index in [0.717, 1.165) is 18.4 Å². The smallest absolute Gasteiger partial charge is 0.253 e. The molecule has 1 saturated carbocycles. The summed E-state index contributed by atoms with van der Waals surface area (Å²) in [5.74, 6) is -0.346. The Balaban J connectivity index is 1.58. The van der Waals surface area contributed by atoms with E-state index >= 15 is 0 Å². The van der Waals surface area contributed by atoms with Crippen molar-refractivity contribution in [2.75, 3.05) is 18.9 Å². The third-order valence-electron chi connectivity index (χ3n) is 4.21. The molecule has 1 aliphatic carbocycles. The van der Waals surface area contributed by atoms with E-state index in [-0.39, 0.29) is 24.4 Å². The number of likely N-dealkylation sites (N-methyl/N-ethyl adjacent to an activating group) is 1. The largest absolute Gasteiger partial charge is 0.349 e. The first-order valence-corrected chi connectivity index (χ1v) is 9.50. The van der Waals surface area contributed by atoms with E-state index in [9.17, 15) is 9.59 Å². The molecule has 1 aliphatic rings. The molecule has 0 aliphatic heterocycles. The summed E-state index contributed by atoms with van der Waals surface area (Å²) in [5.41, 5.74) is 1.96. The van der Waals surface area contributed by atoms with Crippen molar-refractivity contribution in [3.05, 3.63) is 63.6 Å². The zero-order chi connectivity index (χ0) is 19.4. The van der Waals surface area contributed by atoms with Crippen LogP contribution in [-0.4, -0.2) is 36.3 Å². The molecule has 0 aromatic heterocycles. The fourth-order valence-electron chi connectivity index (χ4n) is 2.72. The standard InChI is InChI=1S/C20H21Cl2N3O2/c1-25(11-13-6-9-16(21)17(22)10-13)12-19(26)24-18-5-3-2-4-15(18)20(27)23-14-7-8-14/h2-6,9-10,14H,7-8,11-12H2,1H3,(H,23,27)(H,24,26). The van der Waals surface area contributed by atoms with E-state index in [2.05, 4.69) is 10.6 Å². The lowest BCUT2D eigenvalue weighted by atomic mass is 10.1. The van der Waals surface area contributed by atoms with E-state index in [4.69, 9.17) is 23.2 Å². The zero-order valence-corrected chi connectivity index (χ0v) is 16.5. The zero-order valence-electron chi connectivity index (χ0n) is 15.0. The van der Waals surface area contributed by atoms with Gasteiger partial charge in [0.2, 0.25) is 5.91 Å². The monoisotopic (exact) mass is 405 g/mol. The first-order chi connectivity index (χ1) is 12.9. The maximum atomic E-state index is 12.4. The SMILES string of the molecule is CN(CC(=O)Nc1ccccc1C(=O)NC1CC1)Cc1ccc(Cl)c(Cl)c1. The van der Waals surface area contributed by atoms with Crippen LogP contribution in [-0.2, 0) is 11.3 Å². The van der Waals surface area contributed by atoms with Gasteiger partial charge >= 0.3 is 0 Å². The van der Waals surface area contributed by atoms with Crippen molar-refractivity contribution in [3.8, 4) is 0 Å². The summed E-state index contributed by atoms with van der Waals surface area (Å²) < 4.78 is 0. The van der Waals surface area contributed by atoms with Gasteiger partial charge in [0, 0.05) is 12.6 Å². The van der Waals surface area contributed by atoms with Gasteiger partial charge in [0.05, 0.1) is 27.8 Å². The minimum atomic E-state index is -0.191. The van der Waals surface area contributed by atoms with Crippen LogP contribution in [0.5, 0.6) is 0 Å². The Morgan fingerprint density at radius 2 is 1.85 bits per heavy atom. The summed E-state index contributed by atoms with van der Waals surface area (Å²) in [6.07, 6.45) is 2.03. The molecule has 2 N–H and O–H groups in total. The molecule has 0 unspecified atom stereocenters. The maximum Gasteiger partial charge on any atom is 0.253 e. The van der Waals surface area contributed by atoms with Crippen molar-refractivity contribution in [2.45, 2.75) is 25.4 Å². The Labute approximate surface area is 168 Å². The van der Waals surface area contributed by atoms with Crippen LogP contribution >= 0.6 is 23.2 Å². The molecular formula is C20H21Cl2N3O2. The van der Waals surface area contributed by atoms with Crippen molar-refractivity contribution < 1.29 is 9.59 Å². The van der Waals surface area contributed by atoms with E-state index in [0.29, 0.717) is 27.8 Å². The minimum Gasteiger partial charge on any atom is -0.349 e. The number of rotatable bonds is 7. The average molecular weight is 406 g/mol. The lowest BCUT2D eigenvalue weighted by molar-refractivity contribution is -0.117. The van der Waals surface area contributed by atoms with E-state index in [1.165, 1.54) is 0 Å². The van der Waals surface area contributed by atoms with Gasteiger partial charge in [0.15, 0.2) is 0 Å². The predicted octanol–water partition coefficient (Wildman–Crippen LogP) is 3.96. The van der Waals surface area contributed by atoms with Crippen LogP contribution in [0, 0.1) is 0 Å². The lowest BCUT2D eigenvalue weighted by Gasteiger charge is -2.17. The Kier molecular flexibility index (Phi) is 6.37. The maximum absolute atomic E-state index is 12.4. The second-order valence-electron chi connectivity index (χ2n) is 6.76. The molecule has 0 spiro atoms. The highest BCUT2D eigenvalue weighted by atomic mass is 35.5. The summed E-state index contributed by atoms with van der Waals surface area (Å²) in [6, 6.07) is 12.7. The number of amides is 2. The first kappa shape index (κ1) is 19.7. The lowest BCUT2D eigenvalue weighted by Crippen LogP contribution is -2.31. The van der Waals surface area contributed by atoms with Gasteiger partial charge in [0.25, 0.3) is 5.91 Å². The summed E-state index contributed by atoms with van der Waals surface area (Å²) in [7, 11) is 1.84. The second kappa shape index (κ2) is 8.74. The molecule has 2 aromatic rings. The molecule has 5 nitrogen and oxygen atoms in total. The highest BCUT2D eigenvalue weighted by Crippen LogP contribution is 2.23. The number of anilines is 1. The van der Waals surface area contributed by atoms with E-state index < -0.39 is 0 Å². The topological polar surface area (TPSA) is 61.4 Å². The van der Waals surface area contributed by atoms with Gasteiger partial charge in [-0.2, -0.15) is 0 Å². The average Bonchev–Trinajstić information content (AvgIpc) is 3.42. The van der Waals surface area contributed by atoms with Crippen LogP contribution in [0.3, 0.4) is 0 Å². The number of carbonyl (C=O) groups excluding carboxylic acids is 2. The quantitative estimate of drug-likeness (QED) is 0.732. The number of halogens is 2. The van der Waals surface area contributed by atoms with Crippen LogP contribution in [0.4, 0.5) is 5.69 Å². The molecule has 142 valence electrons. The summed E-state index contributed by atoms with van der Waals surface area (Å²) in [4.78, 5) is 26.6. The third-order valence-corrected chi connectivity index (χ3v) is 4.95. The van der Waals surface area contributed by atoms with Crippen molar-refractivity contribution in [1.82, 2.24) is 10.2 Å². The van der Waals surface area contributed by atoms with Gasteiger partial charge in [-0.05, 0) is 49.7 Å². The number of para-hydroxylation sites is 1. The van der Waals surface area contributed by atoms with Gasteiger partial charge in [-0.1, -0.05) is 41.4 Å². The number of benzene rings is 2. The molecule has 0 atom stereocenters. The normalized spacial score (nSPS) is 13.5. The highest BCUT2D eigenvalue weighted by molar-refractivity contribution is 6.42. The van der Waals surface area contributed by atoms with Crippen LogP contribution in [0.2, 0.25) is 10.0 Å². The summed E-state index contributed by atoms with van der Waals surface area (Å²) in [6.45, 7) is 0.729. The van der Waals surface area contributed by atoms with E-state index in [1.807, 2.05) is 18.0 Å². The van der Waals surface area contributed by atoms with Crippen LogP contribution in [0.15, 0.2) is 42.5 Å². The third kappa shape index (κ3) is 5.70. The molecule has 0 heterocycles. The molecular weight excluding hydrogens is 385 g/mol. The Bertz CT molecular complexity index is 853. The number of nitrogens with zero attached hydrogens (tertiary/aromatic N) is 1. The second-order valence-corrected chi connectivity index (χ2v) is 7.58. The minimum absolute atomic E-state index is 0.155. The van der Waals surface area contributed by atoms with Crippen LogP contribution in [0.1, 0.15) is 28.8 Å². The van der Waals surface area contributed by atoms with Gasteiger partial charge in [-0.25, -0.2) is 0 Å². The molecule has 2 amide bonds. The van der Waals surface area contributed by atoms with Gasteiger partial charge < -0.3 is 10.6 Å². The van der Waals surface area contributed by atoms with Crippen LogP contribution < -0.4 is 10.6 Å². The predicted molar refractivity (Wildman–Crippen MR) is 108 cm³/mol. The van der Waals surface area contributed by atoms with Gasteiger partial charge in [-0.3, -0.25) is 14.5 Å². The Morgan fingerprint density at radius 3 is 2.56 bits per heavy atom. The Hall–Kier alpha value is -2.08. The molecule has 7 heteroatoms. The molecule has 0 radical (unpaired) electrons. The number of hydrogen-bond acceptors (Lipinski definition) is 3. The van der Waals surface area contributed by atoms with Crippen molar-refractivity contribution in [3.63, 3.8) is 0 Å². The summed E-state index contributed by atoms with van der Waals surface area (Å²) in [5, 5.41) is 6.77. The van der Waals surface area contributed by atoms with Crippen molar-refractivity contribution in [1.29, 1.82) is 0 Å². The van der Waals surface area contributed by atoms with Gasteiger partial charge in [0.1, 0.15) is 0 Å². The fourth-order valence-corrected chi connectivity index (χ4v) is 3.04. The number of hydrogen-bond donors (Lipinski definition) is 2. The molecule has 2 aromatic carbocycles. The van der Waals surface area contributed by atoms with Crippen molar-refractivity contribution >= 4 is 40.7 Å². The fraction of sp³-hybridized carbons (Fsp3) is 0.300. The Morgan fingerprint density at radius 1 is 1.11 bits per heavy atom. The molecule has 0 saturated heterocycles. The molecule has 1 fully saturated rings. The number of nitrogens with one attached hydrogen (secondary N) is 2. The summed E-state index contributed by atoms with van der Waals surface area (Å²) >= 11 is 12.0. The molecule has 27 heavy (non-hydrogen) atoms. The molecule has 3 rings (SSSR count). The van der Waals surface area contributed by atoms with E-state index in [1.54, 1.807) is 36.4 Å². The van der Waals surface area contributed by atoms with Crippen LogP contribution in [0.25, 0.3) is 0 Å². The first-order valence-electron chi connectivity index (χ1n) is 8.74. The van der Waals surface area contributed by atoms with Crippen molar-refractivity contribution in [2.24, 2.45) is 0 Å². The highest BCUT2D eigenvalue weighted by Gasteiger charge is 2.25. The van der Waals surface area contributed by atoms with Gasteiger partial charge in [-0.15, -0.1) is 0 Å². The molecule has 0 bridgehead atoms.